The molecule has 2 fully saturated rings. The first-order valence-electron chi connectivity index (χ1n) is 13.7. The number of benzene rings is 2. The molecule has 2 heterocycles. The summed E-state index contributed by atoms with van der Waals surface area (Å²) in [6.45, 7) is 1.33. The summed E-state index contributed by atoms with van der Waals surface area (Å²) < 4.78 is 28.5. The molecule has 13 heteroatoms. The molecule has 0 bridgehead atoms. The second-order valence-electron chi connectivity index (χ2n) is 10.2. The van der Waals surface area contributed by atoms with Crippen molar-refractivity contribution in [2.45, 2.75) is 36.5 Å². The maximum absolute atomic E-state index is 14.2. The molecule has 228 valence electrons. The molecular formula is C29H31Cl4NO8. The Morgan fingerprint density at radius 3 is 2.05 bits per heavy atom. The second-order valence-corrected chi connectivity index (χ2v) is 11.7. The highest BCUT2D eigenvalue weighted by Gasteiger charge is 2.68. The molecule has 1 aliphatic carbocycles. The summed E-state index contributed by atoms with van der Waals surface area (Å²) in [5, 5.41) is 12.6. The minimum Gasteiger partial charge on any atom is -0.462 e. The van der Waals surface area contributed by atoms with Crippen LogP contribution in [0.5, 0.6) is 0 Å². The minimum atomic E-state index is -2.23. The van der Waals surface area contributed by atoms with Gasteiger partial charge in [-0.05, 0) is 24.8 Å². The molecular weight excluding hydrogens is 632 g/mol. The molecule has 0 spiro atoms. The third kappa shape index (κ3) is 5.53. The largest absolute Gasteiger partial charge is 0.462 e. The van der Waals surface area contributed by atoms with Gasteiger partial charge in [-0.25, -0.2) is 0 Å². The number of nitrogens with zero attached hydrogens (tertiary/aromatic N) is 1. The van der Waals surface area contributed by atoms with Crippen LogP contribution < -0.4 is 0 Å². The van der Waals surface area contributed by atoms with Crippen molar-refractivity contribution in [3.05, 3.63) is 67.1 Å². The van der Waals surface area contributed by atoms with Crippen molar-refractivity contribution in [1.29, 1.82) is 0 Å². The van der Waals surface area contributed by atoms with Crippen LogP contribution in [0.4, 0.5) is 0 Å². The molecule has 0 aromatic heterocycles. The highest BCUT2D eigenvalue weighted by molar-refractivity contribution is 6.53. The van der Waals surface area contributed by atoms with E-state index in [-0.39, 0.29) is 57.6 Å². The minimum absolute atomic E-state index is 0.0247. The Bertz CT molecular complexity index is 1310. The van der Waals surface area contributed by atoms with Crippen molar-refractivity contribution < 1.29 is 38.4 Å². The summed E-state index contributed by atoms with van der Waals surface area (Å²) in [4.78, 5) is 28.4. The lowest BCUT2D eigenvalue weighted by atomic mass is 9.66. The average Bonchev–Trinajstić information content (AvgIpc) is 3.52. The van der Waals surface area contributed by atoms with Crippen molar-refractivity contribution in [3.8, 4) is 0 Å². The van der Waals surface area contributed by atoms with Gasteiger partial charge in [0.05, 0.1) is 83.4 Å². The van der Waals surface area contributed by atoms with E-state index in [1.165, 1.54) is 0 Å². The van der Waals surface area contributed by atoms with Gasteiger partial charge in [-0.3, -0.25) is 14.5 Å². The summed E-state index contributed by atoms with van der Waals surface area (Å²) in [5.41, 5.74) is -3.00. The lowest BCUT2D eigenvalue weighted by Crippen LogP contribution is -2.63. The predicted molar refractivity (Wildman–Crippen MR) is 157 cm³/mol. The molecule has 5 rings (SSSR count). The summed E-state index contributed by atoms with van der Waals surface area (Å²) in [5.74, 6) is -1.50. The number of hydrogen-bond acceptors (Lipinski definition) is 8. The number of carbonyl (C=O) groups is 2. The molecule has 9 nitrogen and oxygen atoms in total. The third-order valence-electron chi connectivity index (χ3n) is 8.03. The van der Waals surface area contributed by atoms with Gasteiger partial charge in [0.1, 0.15) is 13.2 Å². The van der Waals surface area contributed by atoms with Crippen molar-refractivity contribution >= 4 is 58.3 Å². The van der Waals surface area contributed by atoms with Crippen molar-refractivity contribution in [2.75, 3.05) is 59.4 Å². The number of carbonyl (C=O) groups excluding carboxylic acids is 2. The summed E-state index contributed by atoms with van der Waals surface area (Å²) >= 11 is 26.3. The third-order valence-corrected chi connectivity index (χ3v) is 9.83. The molecule has 0 unspecified atom stereocenters. The van der Waals surface area contributed by atoms with Gasteiger partial charge in [0.25, 0.3) is 5.91 Å². The number of esters is 1. The van der Waals surface area contributed by atoms with Gasteiger partial charge in [-0.15, -0.1) is 0 Å². The predicted octanol–water partition coefficient (Wildman–Crippen LogP) is 5.01. The molecule has 2 aromatic carbocycles. The van der Waals surface area contributed by atoms with Crippen LogP contribution >= 0.6 is 46.4 Å². The first kappa shape index (κ1) is 31.8. The first-order valence-corrected chi connectivity index (χ1v) is 15.2. The van der Waals surface area contributed by atoms with Crippen LogP contribution in [-0.2, 0) is 39.6 Å². The fraction of sp³-hybridized carbons (Fsp3) is 0.517. The summed E-state index contributed by atoms with van der Waals surface area (Å²) in [6, 6.07) is 9.22. The average molecular weight is 663 g/mol. The van der Waals surface area contributed by atoms with E-state index < -0.39 is 35.7 Å². The van der Waals surface area contributed by atoms with Crippen molar-refractivity contribution in [1.82, 2.24) is 4.90 Å². The van der Waals surface area contributed by atoms with Crippen molar-refractivity contribution in [3.63, 3.8) is 0 Å². The lowest BCUT2D eigenvalue weighted by Gasteiger charge is -2.51. The van der Waals surface area contributed by atoms with Crippen LogP contribution in [0.3, 0.4) is 0 Å². The zero-order chi connectivity index (χ0) is 29.9. The van der Waals surface area contributed by atoms with Crippen molar-refractivity contribution in [2.24, 2.45) is 0 Å². The molecule has 3 aliphatic rings. The fourth-order valence-corrected chi connectivity index (χ4v) is 7.34. The van der Waals surface area contributed by atoms with E-state index in [9.17, 15) is 14.7 Å². The smallest absolute Gasteiger partial charge is 0.325 e. The summed E-state index contributed by atoms with van der Waals surface area (Å²) in [6.07, 6.45) is 0.948. The Balaban J connectivity index is 1.68. The topological polar surface area (TPSA) is 104 Å². The van der Waals surface area contributed by atoms with Gasteiger partial charge in [0, 0.05) is 5.56 Å². The van der Waals surface area contributed by atoms with Crippen LogP contribution in [0.1, 0.15) is 40.7 Å². The van der Waals surface area contributed by atoms with Gasteiger partial charge < -0.3 is 28.8 Å². The number of ether oxygens (including phenoxy) is 5. The Morgan fingerprint density at radius 1 is 0.786 bits per heavy atom. The standard InChI is InChI=1S/C29H31Cl4NO8/c30-23-21-22(24(31)26(33)25(23)32)29(37)28(18-5-2-1-3-6-18)8-4-7-19(28)41-15-13-39-11-9-38-10-12-40-14-16-42-20(35)17-34(29)27(21)36/h1-3,5-6,19,37H,4,7-17H2/t19-,28+,29+/m1/s1. The molecule has 1 amide bonds. The molecule has 2 aromatic rings. The number of amides is 1. The van der Waals surface area contributed by atoms with Crippen LogP contribution in [0.2, 0.25) is 20.1 Å². The number of hydrogen-bond donors (Lipinski definition) is 1. The molecule has 1 saturated heterocycles. The maximum Gasteiger partial charge on any atom is 0.325 e. The van der Waals surface area contributed by atoms with Gasteiger partial charge in [0.15, 0.2) is 5.72 Å². The Kier molecular flexibility index (Phi) is 10.2. The number of rotatable bonds is 1. The van der Waals surface area contributed by atoms with E-state index in [4.69, 9.17) is 70.1 Å². The number of cyclic esters (lactones) is 1. The van der Waals surface area contributed by atoms with Crippen LogP contribution in [-0.4, -0.2) is 87.4 Å². The van der Waals surface area contributed by atoms with E-state index in [0.29, 0.717) is 51.3 Å². The Morgan fingerprint density at radius 2 is 1.38 bits per heavy atom. The molecule has 2 aliphatic heterocycles. The molecule has 42 heavy (non-hydrogen) atoms. The van der Waals surface area contributed by atoms with Gasteiger partial charge in [-0.2, -0.15) is 0 Å². The highest BCUT2D eigenvalue weighted by atomic mass is 35.5. The van der Waals surface area contributed by atoms with Gasteiger partial charge >= 0.3 is 5.97 Å². The van der Waals surface area contributed by atoms with Crippen LogP contribution in [0.15, 0.2) is 30.3 Å². The second kappa shape index (κ2) is 13.5. The van der Waals surface area contributed by atoms with E-state index in [1.807, 2.05) is 30.3 Å². The van der Waals surface area contributed by atoms with E-state index >= 15 is 0 Å². The van der Waals surface area contributed by atoms with Gasteiger partial charge in [0.2, 0.25) is 0 Å². The number of aliphatic hydroxyl groups is 1. The van der Waals surface area contributed by atoms with Crippen LogP contribution in [0.25, 0.3) is 0 Å². The molecule has 0 radical (unpaired) electrons. The van der Waals surface area contributed by atoms with Crippen LogP contribution in [0, 0.1) is 0 Å². The molecule has 1 N–H and O–H groups in total. The Hall–Kier alpha value is -1.66. The normalized spacial score (nSPS) is 28.2. The Labute approximate surface area is 263 Å². The number of fused-ring (bicyclic) bond motifs is 5. The number of halogens is 4. The van der Waals surface area contributed by atoms with Gasteiger partial charge in [-0.1, -0.05) is 76.7 Å². The van der Waals surface area contributed by atoms with E-state index in [1.54, 1.807) is 0 Å². The monoisotopic (exact) mass is 661 g/mol. The first-order chi connectivity index (χ1) is 20.2. The maximum atomic E-state index is 14.2. The SMILES string of the molecule is O=C1CN2C(=O)c3c(Cl)c(Cl)c(Cl)c(Cl)c3[C@]2(O)[C@]2(c3ccccc3)CCC[C@H]2OCCOCCOCCOCCO1. The zero-order valence-electron chi connectivity index (χ0n) is 22.7. The fourth-order valence-electron chi connectivity index (χ4n) is 6.27. The van der Waals surface area contributed by atoms with E-state index in [2.05, 4.69) is 0 Å². The lowest BCUT2D eigenvalue weighted by molar-refractivity contribution is -0.188. The molecule has 1 saturated carbocycles. The zero-order valence-corrected chi connectivity index (χ0v) is 25.7. The molecule has 3 atom stereocenters. The summed E-state index contributed by atoms with van der Waals surface area (Å²) in [7, 11) is 0. The van der Waals surface area contributed by atoms with E-state index in [0.717, 1.165) is 4.90 Å². The highest BCUT2D eigenvalue weighted by Crippen LogP contribution is 2.62. The quantitative estimate of drug-likeness (QED) is 0.258.